The van der Waals surface area contributed by atoms with Crippen LogP contribution in [0, 0.1) is 0 Å². The third-order valence-corrected chi connectivity index (χ3v) is 4.25. The SMILES string of the molecule is CCC(C)N(C)CCNc1nc(N)nc2sccc12. The van der Waals surface area contributed by atoms with Crippen molar-refractivity contribution in [3.05, 3.63) is 11.4 Å². The highest BCUT2D eigenvalue weighted by Crippen LogP contribution is 2.25. The third kappa shape index (κ3) is 3.33. The van der Waals surface area contributed by atoms with Crippen molar-refractivity contribution < 1.29 is 0 Å². The van der Waals surface area contributed by atoms with Crippen molar-refractivity contribution in [3.8, 4) is 0 Å². The van der Waals surface area contributed by atoms with E-state index in [4.69, 9.17) is 5.73 Å². The molecular weight excluding hydrogens is 258 g/mol. The molecular formula is C13H21N5S. The van der Waals surface area contributed by atoms with Gasteiger partial charge in [0.2, 0.25) is 5.95 Å². The predicted octanol–water partition coefficient (Wildman–Crippen LogP) is 2.42. The molecule has 0 aliphatic rings. The molecule has 2 aromatic heterocycles. The molecule has 2 rings (SSSR count). The molecule has 0 saturated heterocycles. The summed E-state index contributed by atoms with van der Waals surface area (Å²) in [5.74, 6) is 1.16. The van der Waals surface area contributed by atoms with Gasteiger partial charge in [-0.25, -0.2) is 4.98 Å². The van der Waals surface area contributed by atoms with Crippen LogP contribution in [0.2, 0.25) is 0 Å². The number of nitrogens with one attached hydrogen (secondary N) is 1. The summed E-state index contributed by atoms with van der Waals surface area (Å²) in [6.45, 7) is 6.27. The summed E-state index contributed by atoms with van der Waals surface area (Å²) >= 11 is 1.58. The number of aromatic nitrogens is 2. The van der Waals surface area contributed by atoms with E-state index in [1.165, 1.54) is 0 Å². The minimum Gasteiger partial charge on any atom is -0.368 e. The summed E-state index contributed by atoms with van der Waals surface area (Å²) in [6, 6.07) is 2.62. The van der Waals surface area contributed by atoms with Crippen LogP contribution < -0.4 is 11.1 Å². The van der Waals surface area contributed by atoms with Crippen LogP contribution >= 0.6 is 11.3 Å². The molecule has 0 aliphatic carbocycles. The van der Waals surface area contributed by atoms with Crippen LogP contribution in [0.4, 0.5) is 11.8 Å². The van der Waals surface area contributed by atoms with Gasteiger partial charge in [0, 0.05) is 19.1 Å². The van der Waals surface area contributed by atoms with Crippen molar-refractivity contribution in [1.29, 1.82) is 0 Å². The van der Waals surface area contributed by atoms with Gasteiger partial charge < -0.3 is 16.0 Å². The average molecular weight is 279 g/mol. The van der Waals surface area contributed by atoms with E-state index < -0.39 is 0 Å². The van der Waals surface area contributed by atoms with Crippen LogP contribution in [-0.2, 0) is 0 Å². The number of thiophene rings is 1. The normalized spacial score (nSPS) is 13.1. The lowest BCUT2D eigenvalue weighted by Gasteiger charge is -2.23. The molecule has 2 aromatic rings. The fourth-order valence-electron chi connectivity index (χ4n) is 1.89. The second-order valence-corrected chi connectivity index (χ2v) is 5.63. The number of likely N-dealkylation sites (N-methyl/N-ethyl adjacent to an activating group) is 1. The van der Waals surface area contributed by atoms with E-state index in [0.717, 1.165) is 35.5 Å². The first-order valence-electron chi connectivity index (χ1n) is 6.56. The first-order valence-corrected chi connectivity index (χ1v) is 7.44. The summed E-state index contributed by atoms with van der Waals surface area (Å²) < 4.78 is 0. The lowest BCUT2D eigenvalue weighted by Crippen LogP contribution is -2.32. The predicted molar refractivity (Wildman–Crippen MR) is 82.7 cm³/mol. The number of anilines is 2. The van der Waals surface area contributed by atoms with Gasteiger partial charge in [-0.1, -0.05) is 6.92 Å². The van der Waals surface area contributed by atoms with Gasteiger partial charge in [-0.15, -0.1) is 11.3 Å². The Morgan fingerprint density at radius 2 is 2.26 bits per heavy atom. The van der Waals surface area contributed by atoms with Gasteiger partial charge in [-0.2, -0.15) is 4.98 Å². The van der Waals surface area contributed by atoms with Crippen LogP contribution in [0.1, 0.15) is 20.3 Å². The Morgan fingerprint density at radius 1 is 1.47 bits per heavy atom. The summed E-state index contributed by atoms with van der Waals surface area (Å²) in [6.07, 6.45) is 1.16. The van der Waals surface area contributed by atoms with E-state index in [0.29, 0.717) is 12.0 Å². The van der Waals surface area contributed by atoms with Gasteiger partial charge in [0.1, 0.15) is 10.6 Å². The number of nitrogens with two attached hydrogens (primary N) is 1. The van der Waals surface area contributed by atoms with Gasteiger partial charge in [-0.05, 0) is 31.8 Å². The molecule has 5 nitrogen and oxygen atoms in total. The average Bonchev–Trinajstić information content (AvgIpc) is 2.85. The van der Waals surface area contributed by atoms with E-state index in [2.05, 4.69) is 41.1 Å². The molecule has 0 saturated carbocycles. The van der Waals surface area contributed by atoms with E-state index in [1.54, 1.807) is 11.3 Å². The van der Waals surface area contributed by atoms with Crippen molar-refractivity contribution in [2.75, 3.05) is 31.2 Å². The first kappa shape index (κ1) is 14.0. The molecule has 0 aromatic carbocycles. The monoisotopic (exact) mass is 279 g/mol. The van der Waals surface area contributed by atoms with Crippen molar-refractivity contribution in [1.82, 2.24) is 14.9 Å². The molecule has 0 aliphatic heterocycles. The fraction of sp³-hybridized carbons (Fsp3) is 0.538. The van der Waals surface area contributed by atoms with Crippen molar-refractivity contribution in [2.45, 2.75) is 26.3 Å². The minimum absolute atomic E-state index is 0.327. The standard InChI is InChI=1S/C13H21N5S/c1-4-9(2)18(3)7-6-15-11-10-5-8-19-12(10)17-13(14)16-11/h5,8-9H,4,6-7H2,1-3H3,(H3,14,15,16,17). The molecule has 1 unspecified atom stereocenters. The van der Waals surface area contributed by atoms with Crippen molar-refractivity contribution in [2.24, 2.45) is 0 Å². The Bertz CT molecular complexity index is 539. The molecule has 0 bridgehead atoms. The Balaban J connectivity index is 2.00. The minimum atomic E-state index is 0.327. The van der Waals surface area contributed by atoms with Gasteiger partial charge in [0.15, 0.2) is 0 Å². The zero-order valence-corrected chi connectivity index (χ0v) is 12.5. The van der Waals surface area contributed by atoms with E-state index >= 15 is 0 Å². The first-order chi connectivity index (χ1) is 9.11. The zero-order chi connectivity index (χ0) is 13.8. The Hall–Kier alpha value is -1.40. The largest absolute Gasteiger partial charge is 0.368 e. The molecule has 19 heavy (non-hydrogen) atoms. The zero-order valence-electron chi connectivity index (χ0n) is 11.7. The van der Waals surface area contributed by atoms with Crippen molar-refractivity contribution in [3.63, 3.8) is 0 Å². The maximum Gasteiger partial charge on any atom is 0.223 e. The van der Waals surface area contributed by atoms with Crippen LogP contribution in [0.3, 0.4) is 0 Å². The van der Waals surface area contributed by atoms with Crippen LogP contribution in [0.15, 0.2) is 11.4 Å². The number of hydrogen-bond donors (Lipinski definition) is 2. The quantitative estimate of drug-likeness (QED) is 0.850. The molecule has 0 spiro atoms. The smallest absolute Gasteiger partial charge is 0.223 e. The fourth-order valence-corrected chi connectivity index (χ4v) is 2.66. The van der Waals surface area contributed by atoms with E-state index in [1.807, 2.05) is 11.4 Å². The van der Waals surface area contributed by atoms with Gasteiger partial charge >= 0.3 is 0 Å². The highest BCUT2D eigenvalue weighted by molar-refractivity contribution is 7.16. The van der Waals surface area contributed by atoms with Gasteiger partial charge in [-0.3, -0.25) is 0 Å². The third-order valence-electron chi connectivity index (χ3n) is 3.44. The maximum absolute atomic E-state index is 5.72. The second kappa shape index (κ2) is 6.16. The van der Waals surface area contributed by atoms with Crippen LogP contribution in [0.25, 0.3) is 10.2 Å². The summed E-state index contributed by atoms with van der Waals surface area (Å²) in [7, 11) is 2.14. The summed E-state index contributed by atoms with van der Waals surface area (Å²) in [5, 5.41) is 6.41. The summed E-state index contributed by atoms with van der Waals surface area (Å²) in [4.78, 5) is 11.8. The van der Waals surface area contributed by atoms with Crippen molar-refractivity contribution >= 4 is 33.3 Å². The number of hydrogen-bond acceptors (Lipinski definition) is 6. The number of fused-ring (bicyclic) bond motifs is 1. The highest BCUT2D eigenvalue weighted by Gasteiger charge is 2.09. The molecule has 3 N–H and O–H groups in total. The number of rotatable bonds is 6. The number of nitrogen functional groups attached to an aromatic ring is 1. The Morgan fingerprint density at radius 3 is 3.00 bits per heavy atom. The van der Waals surface area contributed by atoms with Crippen LogP contribution in [-0.4, -0.2) is 41.0 Å². The highest BCUT2D eigenvalue weighted by atomic mass is 32.1. The maximum atomic E-state index is 5.72. The van der Waals surface area contributed by atoms with E-state index in [-0.39, 0.29) is 0 Å². The molecule has 0 radical (unpaired) electrons. The molecule has 6 heteroatoms. The molecule has 0 fully saturated rings. The lowest BCUT2D eigenvalue weighted by atomic mass is 10.2. The second-order valence-electron chi connectivity index (χ2n) is 4.73. The van der Waals surface area contributed by atoms with Gasteiger partial charge in [0.05, 0.1) is 5.39 Å². The molecule has 1 atom stereocenters. The van der Waals surface area contributed by atoms with Crippen LogP contribution in [0.5, 0.6) is 0 Å². The topological polar surface area (TPSA) is 67.1 Å². The molecule has 2 heterocycles. The lowest BCUT2D eigenvalue weighted by molar-refractivity contribution is 0.261. The Kier molecular flexibility index (Phi) is 4.55. The van der Waals surface area contributed by atoms with Gasteiger partial charge in [0.25, 0.3) is 0 Å². The molecule has 0 amide bonds. The Labute approximate surface area is 117 Å². The molecule has 104 valence electrons. The summed E-state index contributed by atoms with van der Waals surface area (Å²) in [5.41, 5.74) is 5.72. The number of nitrogens with zero attached hydrogens (tertiary/aromatic N) is 3. The van der Waals surface area contributed by atoms with E-state index in [9.17, 15) is 0 Å².